The van der Waals surface area contributed by atoms with Crippen molar-refractivity contribution in [2.45, 2.75) is 64.5 Å². The lowest BCUT2D eigenvalue weighted by molar-refractivity contribution is -0.0214. The third-order valence-corrected chi connectivity index (χ3v) is 2.93. The Morgan fingerprint density at radius 3 is 2.57 bits per heavy atom. The van der Waals surface area contributed by atoms with Crippen molar-refractivity contribution in [1.82, 2.24) is 5.32 Å². The first-order valence-electron chi connectivity index (χ1n) is 6.01. The molecule has 0 spiro atoms. The van der Waals surface area contributed by atoms with E-state index in [2.05, 4.69) is 26.1 Å². The molecule has 0 amide bonds. The number of hydrogen-bond acceptors (Lipinski definition) is 2. The fourth-order valence-electron chi connectivity index (χ4n) is 1.27. The van der Waals surface area contributed by atoms with Crippen LogP contribution in [0.25, 0.3) is 0 Å². The maximum atomic E-state index is 5.77. The average molecular weight is 199 g/mol. The highest BCUT2D eigenvalue weighted by molar-refractivity contribution is 4.80. The Morgan fingerprint density at radius 1 is 1.29 bits per heavy atom. The quantitative estimate of drug-likeness (QED) is 0.607. The molecule has 2 heteroatoms. The molecule has 0 aliphatic heterocycles. The van der Waals surface area contributed by atoms with Crippen LogP contribution in [-0.4, -0.2) is 24.8 Å². The summed E-state index contributed by atoms with van der Waals surface area (Å²) in [6, 6.07) is 0.850. The molecule has 1 aliphatic rings. The Labute approximate surface area is 88.4 Å². The highest BCUT2D eigenvalue weighted by Gasteiger charge is 2.19. The summed E-state index contributed by atoms with van der Waals surface area (Å²) in [4.78, 5) is 0. The summed E-state index contributed by atoms with van der Waals surface area (Å²) in [6.07, 6.45) is 6.30. The molecule has 0 unspecified atom stereocenters. The van der Waals surface area contributed by atoms with Crippen molar-refractivity contribution in [2.75, 3.05) is 13.2 Å². The second-order valence-electron chi connectivity index (χ2n) is 4.90. The zero-order valence-corrected chi connectivity index (χ0v) is 9.94. The molecule has 84 valence electrons. The lowest BCUT2D eigenvalue weighted by Gasteiger charge is -2.23. The molecule has 1 fully saturated rings. The first-order valence-corrected chi connectivity index (χ1v) is 6.01. The average Bonchev–Trinajstić information content (AvgIpc) is 2.95. The van der Waals surface area contributed by atoms with Gasteiger partial charge in [-0.15, -0.1) is 0 Å². The standard InChI is InChI=1S/C12H25NO/c1-4-12(2,3)14-10-6-5-9-13-11-7-8-11/h11,13H,4-10H2,1-3H3. The molecule has 0 aromatic heterocycles. The van der Waals surface area contributed by atoms with Crippen LogP contribution in [0, 0.1) is 0 Å². The van der Waals surface area contributed by atoms with Crippen LogP contribution in [0.5, 0.6) is 0 Å². The van der Waals surface area contributed by atoms with Gasteiger partial charge in [-0.25, -0.2) is 0 Å². The van der Waals surface area contributed by atoms with Gasteiger partial charge in [0.25, 0.3) is 0 Å². The van der Waals surface area contributed by atoms with Gasteiger partial charge >= 0.3 is 0 Å². The van der Waals surface area contributed by atoms with E-state index in [4.69, 9.17) is 4.74 Å². The van der Waals surface area contributed by atoms with Crippen molar-refractivity contribution in [1.29, 1.82) is 0 Å². The smallest absolute Gasteiger partial charge is 0.0623 e. The summed E-state index contributed by atoms with van der Waals surface area (Å²) in [5.74, 6) is 0. The number of ether oxygens (including phenoxy) is 1. The van der Waals surface area contributed by atoms with Crippen LogP contribution in [0.4, 0.5) is 0 Å². The number of nitrogens with one attached hydrogen (secondary N) is 1. The normalized spacial score (nSPS) is 17.4. The molecule has 1 aliphatic carbocycles. The molecular weight excluding hydrogens is 174 g/mol. The van der Waals surface area contributed by atoms with E-state index < -0.39 is 0 Å². The summed E-state index contributed by atoms with van der Waals surface area (Å²) in [5, 5.41) is 3.51. The Balaban J connectivity index is 1.83. The summed E-state index contributed by atoms with van der Waals surface area (Å²) in [7, 11) is 0. The minimum absolute atomic E-state index is 0.0733. The van der Waals surface area contributed by atoms with Gasteiger partial charge in [0, 0.05) is 12.6 Å². The molecule has 0 saturated heterocycles. The number of rotatable bonds is 8. The van der Waals surface area contributed by atoms with Crippen molar-refractivity contribution >= 4 is 0 Å². The van der Waals surface area contributed by atoms with Gasteiger partial charge < -0.3 is 10.1 Å². The molecule has 1 N–H and O–H groups in total. The second kappa shape index (κ2) is 5.72. The van der Waals surface area contributed by atoms with Crippen LogP contribution in [0.15, 0.2) is 0 Å². The van der Waals surface area contributed by atoms with Crippen LogP contribution >= 0.6 is 0 Å². The molecule has 0 bridgehead atoms. The van der Waals surface area contributed by atoms with Gasteiger partial charge in [0.2, 0.25) is 0 Å². The van der Waals surface area contributed by atoms with Crippen LogP contribution in [-0.2, 0) is 4.74 Å². The predicted molar refractivity (Wildman–Crippen MR) is 60.6 cm³/mol. The Morgan fingerprint density at radius 2 is 2.00 bits per heavy atom. The monoisotopic (exact) mass is 199 g/mol. The molecule has 1 saturated carbocycles. The van der Waals surface area contributed by atoms with Gasteiger partial charge in [-0.1, -0.05) is 6.92 Å². The third kappa shape index (κ3) is 5.61. The molecule has 0 heterocycles. The fourth-order valence-corrected chi connectivity index (χ4v) is 1.27. The Kier molecular flexibility index (Phi) is 4.90. The van der Waals surface area contributed by atoms with E-state index in [1.165, 1.54) is 32.2 Å². The van der Waals surface area contributed by atoms with Crippen molar-refractivity contribution < 1.29 is 4.74 Å². The molecule has 1 rings (SSSR count). The van der Waals surface area contributed by atoms with E-state index in [1.807, 2.05) is 0 Å². The molecule has 0 aromatic rings. The van der Waals surface area contributed by atoms with E-state index in [-0.39, 0.29) is 5.60 Å². The van der Waals surface area contributed by atoms with Crippen molar-refractivity contribution in [2.24, 2.45) is 0 Å². The summed E-state index contributed by atoms with van der Waals surface area (Å²) in [5.41, 5.74) is 0.0733. The van der Waals surface area contributed by atoms with E-state index in [0.29, 0.717) is 0 Å². The van der Waals surface area contributed by atoms with Gasteiger partial charge in [0.15, 0.2) is 0 Å². The molecule has 0 radical (unpaired) electrons. The summed E-state index contributed by atoms with van der Waals surface area (Å²) >= 11 is 0. The number of unbranched alkanes of at least 4 members (excludes halogenated alkanes) is 1. The molecule has 0 aromatic carbocycles. The van der Waals surface area contributed by atoms with E-state index in [1.54, 1.807) is 0 Å². The first-order chi connectivity index (χ1) is 6.64. The maximum absolute atomic E-state index is 5.77. The van der Waals surface area contributed by atoms with E-state index in [9.17, 15) is 0 Å². The van der Waals surface area contributed by atoms with Gasteiger partial charge in [0.1, 0.15) is 0 Å². The zero-order chi connectivity index (χ0) is 10.4. The van der Waals surface area contributed by atoms with Crippen LogP contribution in [0.3, 0.4) is 0 Å². The molecular formula is C12H25NO. The highest BCUT2D eigenvalue weighted by Crippen LogP contribution is 2.18. The van der Waals surface area contributed by atoms with E-state index >= 15 is 0 Å². The minimum atomic E-state index is 0.0733. The summed E-state index contributed by atoms with van der Waals surface area (Å²) in [6.45, 7) is 8.58. The second-order valence-corrected chi connectivity index (χ2v) is 4.90. The highest BCUT2D eigenvalue weighted by atomic mass is 16.5. The topological polar surface area (TPSA) is 21.3 Å². The van der Waals surface area contributed by atoms with Gasteiger partial charge in [-0.05, 0) is 52.5 Å². The number of hydrogen-bond donors (Lipinski definition) is 1. The Bertz CT molecular complexity index is 152. The predicted octanol–water partition coefficient (Wildman–Crippen LogP) is 2.72. The van der Waals surface area contributed by atoms with Gasteiger partial charge in [0.05, 0.1) is 5.60 Å². The third-order valence-electron chi connectivity index (χ3n) is 2.93. The van der Waals surface area contributed by atoms with Crippen LogP contribution in [0.1, 0.15) is 52.9 Å². The molecule has 14 heavy (non-hydrogen) atoms. The lowest BCUT2D eigenvalue weighted by Crippen LogP contribution is -2.24. The first kappa shape index (κ1) is 12.0. The van der Waals surface area contributed by atoms with Crippen LogP contribution in [0.2, 0.25) is 0 Å². The van der Waals surface area contributed by atoms with Crippen LogP contribution < -0.4 is 5.32 Å². The van der Waals surface area contributed by atoms with Crippen molar-refractivity contribution in [3.63, 3.8) is 0 Å². The maximum Gasteiger partial charge on any atom is 0.0623 e. The largest absolute Gasteiger partial charge is 0.376 e. The molecule has 2 nitrogen and oxygen atoms in total. The fraction of sp³-hybridized carbons (Fsp3) is 1.00. The summed E-state index contributed by atoms with van der Waals surface area (Å²) < 4.78 is 5.77. The van der Waals surface area contributed by atoms with Crippen molar-refractivity contribution in [3.8, 4) is 0 Å². The SMILES string of the molecule is CCC(C)(C)OCCCCNC1CC1. The van der Waals surface area contributed by atoms with Gasteiger partial charge in [-0.2, -0.15) is 0 Å². The lowest BCUT2D eigenvalue weighted by atomic mass is 10.1. The van der Waals surface area contributed by atoms with E-state index in [0.717, 1.165) is 19.1 Å². The minimum Gasteiger partial charge on any atom is -0.376 e. The Hall–Kier alpha value is -0.0800. The van der Waals surface area contributed by atoms with Crippen molar-refractivity contribution in [3.05, 3.63) is 0 Å². The van der Waals surface area contributed by atoms with Gasteiger partial charge in [-0.3, -0.25) is 0 Å². The molecule has 0 atom stereocenters. The zero-order valence-electron chi connectivity index (χ0n) is 9.94.